The quantitative estimate of drug-likeness (QED) is 0.321. The molecule has 0 bridgehead atoms. The molecule has 1 aromatic heterocycles. The van der Waals surface area contributed by atoms with Gasteiger partial charge in [-0.1, -0.05) is 11.8 Å². The summed E-state index contributed by atoms with van der Waals surface area (Å²) in [5.41, 5.74) is 1.71. The summed E-state index contributed by atoms with van der Waals surface area (Å²) in [6.45, 7) is 3.03. The number of hydrogen-bond acceptors (Lipinski definition) is 8. The van der Waals surface area contributed by atoms with Crippen LogP contribution in [-0.2, 0) is 19.1 Å². The van der Waals surface area contributed by atoms with Crippen LogP contribution in [-0.4, -0.2) is 53.7 Å². The van der Waals surface area contributed by atoms with Crippen LogP contribution in [0.1, 0.15) is 26.2 Å². The van der Waals surface area contributed by atoms with Crippen molar-refractivity contribution in [1.29, 1.82) is 0 Å². The van der Waals surface area contributed by atoms with E-state index in [-0.39, 0.29) is 18.1 Å². The number of rotatable bonds is 10. The predicted octanol–water partition coefficient (Wildman–Crippen LogP) is 3.70. The second kappa shape index (κ2) is 11.8. The van der Waals surface area contributed by atoms with Crippen LogP contribution in [0.25, 0.3) is 10.2 Å². The van der Waals surface area contributed by atoms with Crippen LogP contribution in [0.15, 0.2) is 22.5 Å². The molecule has 0 radical (unpaired) electrons. The second-order valence-electron chi connectivity index (χ2n) is 6.41. The summed E-state index contributed by atoms with van der Waals surface area (Å²) in [7, 11) is 0. The Balaban J connectivity index is 1.43. The average molecular weight is 456 g/mol. The lowest BCUT2D eigenvalue weighted by molar-refractivity contribution is -0.178. The van der Waals surface area contributed by atoms with E-state index in [0.29, 0.717) is 18.1 Å². The third-order valence-electron chi connectivity index (χ3n) is 4.02. The highest BCUT2D eigenvalue weighted by molar-refractivity contribution is 8.01. The number of fused-ring (bicyclic) bond motifs is 1. The Kier molecular flexibility index (Phi) is 9.06. The summed E-state index contributed by atoms with van der Waals surface area (Å²) in [4.78, 5) is 27.5. The van der Waals surface area contributed by atoms with Crippen molar-refractivity contribution >= 4 is 62.6 Å². The molecule has 1 aromatic carbocycles. The molecular formula is C19H25N3O4S3. The molecule has 0 saturated carbocycles. The third kappa shape index (κ3) is 7.78. The molecule has 1 aliphatic rings. The highest BCUT2D eigenvalue weighted by Crippen LogP contribution is 2.32. The van der Waals surface area contributed by atoms with Gasteiger partial charge in [-0.3, -0.25) is 9.59 Å². The fraction of sp³-hybridized carbons (Fsp3) is 0.526. The minimum absolute atomic E-state index is 0.0359. The van der Waals surface area contributed by atoms with Crippen LogP contribution in [0.5, 0.6) is 0 Å². The van der Waals surface area contributed by atoms with Gasteiger partial charge in [0.25, 0.3) is 0 Å². The van der Waals surface area contributed by atoms with Gasteiger partial charge in [0, 0.05) is 37.0 Å². The lowest BCUT2D eigenvalue weighted by Crippen LogP contribution is -2.25. The van der Waals surface area contributed by atoms with Gasteiger partial charge in [0.15, 0.2) is 10.6 Å². The average Bonchev–Trinajstić information content (AvgIpc) is 3.10. The van der Waals surface area contributed by atoms with Gasteiger partial charge < -0.3 is 20.1 Å². The van der Waals surface area contributed by atoms with E-state index in [1.165, 1.54) is 18.7 Å². The molecule has 0 unspecified atom stereocenters. The zero-order valence-electron chi connectivity index (χ0n) is 16.3. The number of ether oxygens (including phenoxy) is 2. The van der Waals surface area contributed by atoms with E-state index in [9.17, 15) is 9.59 Å². The fourth-order valence-electron chi connectivity index (χ4n) is 2.60. The summed E-state index contributed by atoms with van der Waals surface area (Å²) < 4.78 is 13.2. The molecule has 2 amide bonds. The Bertz CT molecular complexity index is 824. The maximum absolute atomic E-state index is 12.1. The molecule has 1 fully saturated rings. The van der Waals surface area contributed by atoms with Crippen molar-refractivity contribution in [3.8, 4) is 0 Å². The van der Waals surface area contributed by atoms with E-state index in [2.05, 4.69) is 15.6 Å². The Morgan fingerprint density at radius 1 is 1.28 bits per heavy atom. The highest BCUT2D eigenvalue weighted by Gasteiger charge is 2.14. The first-order valence-corrected chi connectivity index (χ1v) is 12.4. The van der Waals surface area contributed by atoms with Gasteiger partial charge in [-0.2, -0.15) is 0 Å². The number of aromatic nitrogens is 1. The normalized spacial score (nSPS) is 14.8. The fourth-order valence-corrected chi connectivity index (χ4v) is 5.52. The first kappa shape index (κ1) is 22.4. The molecule has 1 saturated heterocycles. The summed E-state index contributed by atoms with van der Waals surface area (Å²) in [6, 6.07) is 5.78. The number of hydrogen-bond donors (Lipinski definition) is 2. The molecule has 2 heterocycles. The number of carbonyl (C=O) groups is 2. The van der Waals surface area contributed by atoms with Crippen LogP contribution in [0.4, 0.5) is 5.69 Å². The summed E-state index contributed by atoms with van der Waals surface area (Å²) >= 11 is 4.85. The molecule has 10 heteroatoms. The van der Waals surface area contributed by atoms with Gasteiger partial charge in [-0.25, -0.2) is 4.98 Å². The first-order chi connectivity index (χ1) is 14.1. The number of thiazole rings is 1. The molecule has 3 rings (SSSR count). The number of carbonyl (C=O) groups excluding carboxylic acids is 2. The van der Waals surface area contributed by atoms with Crippen molar-refractivity contribution in [2.75, 3.05) is 35.9 Å². The summed E-state index contributed by atoms with van der Waals surface area (Å²) in [6.07, 6.45) is 2.12. The van der Waals surface area contributed by atoms with Crippen molar-refractivity contribution < 1.29 is 19.1 Å². The van der Waals surface area contributed by atoms with Crippen LogP contribution in [0.2, 0.25) is 0 Å². The molecule has 158 valence electrons. The van der Waals surface area contributed by atoms with Crippen molar-refractivity contribution in [3.63, 3.8) is 0 Å². The zero-order chi connectivity index (χ0) is 20.5. The maximum atomic E-state index is 12.1. The monoisotopic (exact) mass is 455 g/mol. The largest absolute Gasteiger partial charge is 0.353 e. The van der Waals surface area contributed by atoms with E-state index >= 15 is 0 Å². The molecule has 1 aliphatic heterocycles. The zero-order valence-corrected chi connectivity index (χ0v) is 18.7. The van der Waals surface area contributed by atoms with Crippen molar-refractivity contribution in [2.24, 2.45) is 0 Å². The predicted molar refractivity (Wildman–Crippen MR) is 120 cm³/mol. The van der Waals surface area contributed by atoms with E-state index in [4.69, 9.17) is 9.47 Å². The Hall–Kier alpha value is -1.33. The van der Waals surface area contributed by atoms with Crippen molar-refractivity contribution in [2.45, 2.75) is 36.8 Å². The molecule has 7 nitrogen and oxygen atoms in total. The smallest absolute Gasteiger partial charge is 0.225 e. The number of nitrogens with one attached hydrogen (secondary N) is 2. The van der Waals surface area contributed by atoms with Crippen LogP contribution >= 0.6 is 34.9 Å². The van der Waals surface area contributed by atoms with Gasteiger partial charge in [0.2, 0.25) is 11.8 Å². The van der Waals surface area contributed by atoms with Crippen molar-refractivity contribution in [3.05, 3.63) is 18.2 Å². The Morgan fingerprint density at radius 3 is 2.90 bits per heavy atom. The SMILES string of the molecule is CC(=O)NCSCCC(=O)Nc1ccc2nc(SCCC3OCCCO3)sc2c1. The van der Waals surface area contributed by atoms with E-state index < -0.39 is 0 Å². The van der Waals surface area contributed by atoms with Gasteiger partial charge in [0.1, 0.15) is 0 Å². The molecular weight excluding hydrogens is 430 g/mol. The number of anilines is 1. The standard InChI is InChI=1S/C19H25N3O4S3/c1-13(23)20-12-27-9-5-17(24)21-14-3-4-15-16(11-14)29-19(22-15)28-10-6-18-25-7-2-8-26-18/h3-4,11,18H,2,5-10,12H2,1H3,(H,20,23)(H,21,24). The van der Waals surface area contributed by atoms with Crippen LogP contribution in [0.3, 0.4) is 0 Å². The first-order valence-electron chi connectivity index (χ1n) is 9.49. The van der Waals surface area contributed by atoms with Gasteiger partial charge >= 0.3 is 0 Å². The van der Waals surface area contributed by atoms with E-state index in [1.807, 2.05) is 18.2 Å². The Labute approximate surface area is 182 Å². The van der Waals surface area contributed by atoms with E-state index in [0.717, 1.165) is 52.1 Å². The van der Waals surface area contributed by atoms with Crippen molar-refractivity contribution in [1.82, 2.24) is 10.3 Å². The number of amides is 2. The van der Waals surface area contributed by atoms with Crippen LogP contribution < -0.4 is 10.6 Å². The Morgan fingerprint density at radius 2 is 2.10 bits per heavy atom. The maximum Gasteiger partial charge on any atom is 0.225 e. The molecule has 0 spiro atoms. The molecule has 0 aliphatic carbocycles. The number of thioether (sulfide) groups is 2. The summed E-state index contributed by atoms with van der Waals surface area (Å²) in [5, 5.41) is 5.62. The molecule has 2 N–H and O–H groups in total. The van der Waals surface area contributed by atoms with Gasteiger partial charge in [-0.15, -0.1) is 23.1 Å². The molecule has 29 heavy (non-hydrogen) atoms. The lowest BCUT2D eigenvalue weighted by Gasteiger charge is -2.22. The minimum Gasteiger partial charge on any atom is -0.353 e. The molecule has 2 aromatic rings. The second-order valence-corrected chi connectivity index (χ2v) is 9.89. The summed E-state index contributed by atoms with van der Waals surface area (Å²) in [5.74, 6) is 1.97. The van der Waals surface area contributed by atoms with Gasteiger partial charge in [-0.05, 0) is 24.6 Å². The van der Waals surface area contributed by atoms with E-state index in [1.54, 1.807) is 23.1 Å². The topological polar surface area (TPSA) is 89.6 Å². The van der Waals surface area contributed by atoms with Gasteiger partial charge in [0.05, 0.1) is 29.3 Å². The number of nitrogens with zero attached hydrogens (tertiary/aromatic N) is 1. The third-order valence-corrected chi connectivity index (χ3v) is 7.06. The number of benzene rings is 1. The van der Waals surface area contributed by atoms with Crippen LogP contribution in [0, 0.1) is 0 Å². The minimum atomic E-state index is -0.0937. The highest BCUT2D eigenvalue weighted by atomic mass is 32.2. The lowest BCUT2D eigenvalue weighted by atomic mass is 10.3. The molecule has 0 atom stereocenters.